The van der Waals surface area contributed by atoms with Gasteiger partial charge in [-0.2, -0.15) is 0 Å². The molecule has 1 aromatic heterocycles. The van der Waals surface area contributed by atoms with Crippen LogP contribution in [0.1, 0.15) is 17.3 Å². The highest BCUT2D eigenvalue weighted by Crippen LogP contribution is 2.32. The van der Waals surface area contributed by atoms with Crippen molar-refractivity contribution in [3.8, 4) is 11.5 Å². The van der Waals surface area contributed by atoms with Crippen LogP contribution in [0.15, 0.2) is 42.5 Å². The first-order valence-corrected chi connectivity index (χ1v) is 8.47. The molecule has 2 aromatic carbocycles. The quantitative estimate of drug-likeness (QED) is 0.658. The molecule has 3 aromatic rings. The fourth-order valence-corrected chi connectivity index (χ4v) is 3.27. The number of carbonyl (C=O) groups excluding carboxylic acids is 1. The number of rotatable bonds is 7. The number of nitrogens with zero attached hydrogens (tertiary/aromatic N) is 1. The molecule has 0 saturated carbocycles. The van der Waals surface area contributed by atoms with Gasteiger partial charge in [0, 0.05) is 0 Å². The number of thiazole rings is 1. The molecule has 0 aliphatic heterocycles. The zero-order valence-corrected chi connectivity index (χ0v) is 14.4. The second kappa shape index (κ2) is 7.31. The van der Waals surface area contributed by atoms with Gasteiger partial charge in [0.15, 0.2) is 10.9 Å². The van der Waals surface area contributed by atoms with Crippen molar-refractivity contribution >= 4 is 32.5 Å². The van der Waals surface area contributed by atoms with Crippen LogP contribution in [0.2, 0.25) is 0 Å². The second-order valence-corrected chi connectivity index (χ2v) is 6.06. The zero-order chi connectivity index (χ0) is 16.9. The lowest BCUT2D eigenvalue weighted by atomic mass is 10.1. The Balaban J connectivity index is 1.75. The fourth-order valence-electron chi connectivity index (χ4n) is 2.39. The van der Waals surface area contributed by atoms with Gasteiger partial charge < -0.3 is 14.8 Å². The minimum atomic E-state index is -0.0368. The third kappa shape index (κ3) is 3.33. The van der Waals surface area contributed by atoms with Crippen LogP contribution in [0, 0.1) is 0 Å². The smallest absolute Gasteiger partial charge is 0.185 e. The largest absolute Gasteiger partial charge is 0.494 e. The number of ether oxygens (including phenoxy) is 2. The Bertz CT molecular complexity index is 860. The van der Waals surface area contributed by atoms with Crippen molar-refractivity contribution in [2.24, 2.45) is 0 Å². The van der Waals surface area contributed by atoms with E-state index < -0.39 is 0 Å². The lowest BCUT2D eigenvalue weighted by molar-refractivity contribution is 0.100. The molecule has 0 saturated heterocycles. The summed E-state index contributed by atoms with van der Waals surface area (Å²) in [6.07, 6.45) is 0. The lowest BCUT2D eigenvalue weighted by Gasteiger charge is -2.09. The molecule has 0 amide bonds. The minimum Gasteiger partial charge on any atom is -0.494 e. The van der Waals surface area contributed by atoms with Crippen LogP contribution in [0.3, 0.4) is 0 Å². The molecule has 3 rings (SSSR count). The van der Waals surface area contributed by atoms with Crippen LogP contribution >= 0.6 is 11.3 Å². The van der Waals surface area contributed by atoms with Crippen LogP contribution in [0.5, 0.6) is 11.5 Å². The van der Waals surface area contributed by atoms with Crippen LogP contribution in [0.25, 0.3) is 10.2 Å². The average molecular weight is 342 g/mol. The van der Waals surface area contributed by atoms with Gasteiger partial charge in [-0.1, -0.05) is 29.5 Å². The van der Waals surface area contributed by atoms with Gasteiger partial charge >= 0.3 is 0 Å². The number of anilines is 1. The molecule has 0 unspecified atom stereocenters. The molecule has 0 spiro atoms. The number of benzene rings is 2. The summed E-state index contributed by atoms with van der Waals surface area (Å²) in [5, 5.41) is 3.79. The summed E-state index contributed by atoms with van der Waals surface area (Å²) in [5.74, 6) is 1.30. The maximum Gasteiger partial charge on any atom is 0.185 e. The summed E-state index contributed by atoms with van der Waals surface area (Å²) >= 11 is 1.49. The van der Waals surface area contributed by atoms with Gasteiger partial charge in [-0.05, 0) is 31.2 Å². The summed E-state index contributed by atoms with van der Waals surface area (Å²) in [7, 11) is 1.62. The summed E-state index contributed by atoms with van der Waals surface area (Å²) in [6.45, 7) is 2.58. The summed E-state index contributed by atoms with van der Waals surface area (Å²) in [5.41, 5.74) is 1.38. The molecule has 5 nitrogen and oxygen atoms in total. The van der Waals surface area contributed by atoms with Gasteiger partial charge in [-0.15, -0.1) is 0 Å². The van der Waals surface area contributed by atoms with E-state index in [1.165, 1.54) is 11.3 Å². The number of para-hydroxylation sites is 2. The van der Waals surface area contributed by atoms with Gasteiger partial charge in [0.2, 0.25) is 0 Å². The highest BCUT2D eigenvalue weighted by Gasteiger charge is 2.13. The first-order chi connectivity index (χ1) is 11.7. The highest BCUT2D eigenvalue weighted by atomic mass is 32.1. The maximum atomic E-state index is 12.5. The van der Waals surface area contributed by atoms with E-state index in [4.69, 9.17) is 9.47 Å². The van der Waals surface area contributed by atoms with Crippen molar-refractivity contribution < 1.29 is 14.3 Å². The fraction of sp³-hybridized carbons (Fsp3) is 0.222. The van der Waals surface area contributed by atoms with E-state index in [9.17, 15) is 4.79 Å². The number of aromatic nitrogens is 1. The van der Waals surface area contributed by atoms with Crippen molar-refractivity contribution in [2.75, 3.05) is 25.6 Å². The predicted molar refractivity (Wildman–Crippen MR) is 96.6 cm³/mol. The van der Waals surface area contributed by atoms with Crippen molar-refractivity contribution in [2.45, 2.75) is 6.92 Å². The third-order valence-corrected chi connectivity index (χ3v) is 4.47. The number of nitrogens with one attached hydrogen (secondary N) is 1. The second-order valence-electron chi connectivity index (χ2n) is 5.03. The van der Waals surface area contributed by atoms with Gasteiger partial charge in [-0.25, -0.2) is 4.98 Å². The molecule has 1 heterocycles. The lowest BCUT2D eigenvalue weighted by Crippen LogP contribution is -2.15. The predicted octanol–water partition coefficient (Wildman–Crippen LogP) is 4.00. The summed E-state index contributed by atoms with van der Waals surface area (Å²) in [4.78, 5) is 17.0. The topological polar surface area (TPSA) is 60.5 Å². The molecule has 0 aliphatic rings. The van der Waals surface area contributed by atoms with E-state index in [0.29, 0.717) is 23.1 Å². The number of fused-ring (bicyclic) bond motifs is 1. The number of hydrogen-bond donors (Lipinski definition) is 1. The number of ketones is 1. The number of methoxy groups -OCH3 is 1. The van der Waals surface area contributed by atoms with Crippen molar-refractivity contribution in [3.05, 3.63) is 48.0 Å². The molecule has 6 heteroatoms. The zero-order valence-electron chi connectivity index (χ0n) is 13.5. The molecule has 0 bridgehead atoms. The molecule has 124 valence electrons. The molecule has 1 N–H and O–H groups in total. The molecule has 0 radical (unpaired) electrons. The SMILES string of the molecule is CCOc1ccccc1C(=O)CNc1nc2c(OC)cccc2s1. The Morgan fingerprint density at radius 2 is 1.96 bits per heavy atom. The Labute approximate surface area is 144 Å². The normalized spacial score (nSPS) is 10.6. The Kier molecular flexibility index (Phi) is 4.96. The van der Waals surface area contributed by atoms with Crippen molar-refractivity contribution in [1.29, 1.82) is 0 Å². The van der Waals surface area contributed by atoms with Crippen molar-refractivity contribution in [1.82, 2.24) is 4.98 Å². The van der Waals surface area contributed by atoms with E-state index in [1.54, 1.807) is 19.2 Å². The molecular weight excluding hydrogens is 324 g/mol. The van der Waals surface area contributed by atoms with Crippen LogP contribution in [0.4, 0.5) is 5.13 Å². The number of Topliss-reactive ketones (excluding diaryl/α,β-unsaturated/α-hetero) is 1. The van der Waals surface area contributed by atoms with Gasteiger partial charge in [0.1, 0.15) is 17.0 Å². The Morgan fingerprint density at radius 1 is 1.17 bits per heavy atom. The van der Waals surface area contributed by atoms with Gasteiger partial charge in [-0.3, -0.25) is 4.79 Å². The van der Waals surface area contributed by atoms with E-state index in [1.807, 2.05) is 37.3 Å². The maximum absolute atomic E-state index is 12.5. The molecular formula is C18H18N2O3S. The molecule has 0 atom stereocenters. The molecule has 0 aliphatic carbocycles. The van der Waals surface area contributed by atoms with E-state index in [-0.39, 0.29) is 12.3 Å². The van der Waals surface area contributed by atoms with Gasteiger partial charge in [0.25, 0.3) is 0 Å². The van der Waals surface area contributed by atoms with E-state index in [2.05, 4.69) is 10.3 Å². The first kappa shape index (κ1) is 16.3. The highest BCUT2D eigenvalue weighted by molar-refractivity contribution is 7.22. The van der Waals surface area contributed by atoms with Gasteiger partial charge in [0.05, 0.1) is 30.5 Å². The Morgan fingerprint density at radius 3 is 2.75 bits per heavy atom. The minimum absolute atomic E-state index is 0.0368. The van der Waals surface area contributed by atoms with Crippen LogP contribution in [-0.4, -0.2) is 31.0 Å². The van der Waals surface area contributed by atoms with Crippen LogP contribution < -0.4 is 14.8 Å². The first-order valence-electron chi connectivity index (χ1n) is 7.65. The third-order valence-electron chi connectivity index (χ3n) is 3.49. The van der Waals surface area contributed by atoms with Crippen molar-refractivity contribution in [3.63, 3.8) is 0 Å². The summed E-state index contributed by atoms with van der Waals surface area (Å²) in [6, 6.07) is 13.0. The van der Waals surface area contributed by atoms with Crippen LogP contribution in [-0.2, 0) is 0 Å². The number of carbonyl (C=O) groups is 1. The molecule has 24 heavy (non-hydrogen) atoms. The monoisotopic (exact) mass is 342 g/mol. The number of hydrogen-bond acceptors (Lipinski definition) is 6. The molecule has 0 fully saturated rings. The van der Waals surface area contributed by atoms with E-state index >= 15 is 0 Å². The van der Waals surface area contributed by atoms with E-state index in [0.717, 1.165) is 16.0 Å². The average Bonchev–Trinajstić information content (AvgIpc) is 3.03. The summed E-state index contributed by atoms with van der Waals surface area (Å²) < 4.78 is 11.8. The Hall–Kier alpha value is -2.60. The standard InChI is InChI=1S/C18H18N2O3S/c1-3-23-14-8-5-4-7-12(14)13(21)11-19-18-20-17-15(22-2)9-6-10-16(17)24-18/h4-10H,3,11H2,1-2H3,(H,19,20).